The number of hydrogen-bond acceptors (Lipinski definition) is 1. The Bertz CT molecular complexity index is 856. The largest absolute Gasteiger partial charge is 0.295 e. The summed E-state index contributed by atoms with van der Waals surface area (Å²) in [6.45, 7) is 8.12. The van der Waals surface area contributed by atoms with Crippen LogP contribution in [0.5, 0.6) is 0 Å². The van der Waals surface area contributed by atoms with Gasteiger partial charge in [0.2, 0.25) is 0 Å². The molecule has 0 bridgehead atoms. The van der Waals surface area contributed by atoms with Crippen molar-refractivity contribution in [3.63, 3.8) is 0 Å². The molecule has 21 heavy (non-hydrogen) atoms. The van der Waals surface area contributed by atoms with Crippen LogP contribution in [0.2, 0.25) is 0 Å². The van der Waals surface area contributed by atoms with Crippen LogP contribution in [0.1, 0.15) is 48.2 Å². The molecule has 0 aromatic heterocycles. The second-order valence-corrected chi connectivity index (χ2v) is 6.15. The van der Waals surface area contributed by atoms with Crippen molar-refractivity contribution in [1.82, 2.24) is 0 Å². The van der Waals surface area contributed by atoms with Crippen molar-refractivity contribution in [3.05, 3.63) is 59.2 Å². The fraction of sp³-hybridized carbons (Fsp3) is 0.250. The van der Waals surface area contributed by atoms with Gasteiger partial charge in [0, 0.05) is 5.56 Å². The standard InChI is InChI=1S/C20H20O/c1-12(2)15-5-8-19-16(10-15)6-7-18-13(3)9-17(14(4)21)11-20(18)19/h5-12H,1-4H3. The second kappa shape index (κ2) is 5.00. The Kier molecular flexibility index (Phi) is 3.29. The van der Waals surface area contributed by atoms with Gasteiger partial charge >= 0.3 is 0 Å². The topological polar surface area (TPSA) is 17.1 Å². The Morgan fingerprint density at radius 2 is 1.62 bits per heavy atom. The van der Waals surface area contributed by atoms with Gasteiger partial charge in [0.05, 0.1) is 0 Å². The number of hydrogen-bond donors (Lipinski definition) is 0. The molecular weight excluding hydrogens is 256 g/mol. The summed E-state index contributed by atoms with van der Waals surface area (Å²) < 4.78 is 0. The summed E-state index contributed by atoms with van der Waals surface area (Å²) in [6.07, 6.45) is 0. The lowest BCUT2D eigenvalue weighted by Gasteiger charge is -2.11. The number of Topliss-reactive ketones (excluding diaryl/α,β-unsaturated/α-hetero) is 1. The summed E-state index contributed by atoms with van der Waals surface area (Å²) in [7, 11) is 0. The van der Waals surface area contributed by atoms with Gasteiger partial charge in [0.1, 0.15) is 0 Å². The Morgan fingerprint density at radius 1 is 0.905 bits per heavy atom. The molecule has 1 nitrogen and oxygen atoms in total. The number of benzene rings is 3. The molecule has 3 aromatic rings. The molecule has 0 amide bonds. The van der Waals surface area contributed by atoms with E-state index in [1.54, 1.807) is 6.92 Å². The molecule has 0 aliphatic rings. The third-order valence-corrected chi connectivity index (χ3v) is 4.26. The quantitative estimate of drug-likeness (QED) is 0.438. The molecular formula is C20H20O. The minimum absolute atomic E-state index is 0.121. The maximum atomic E-state index is 11.7. The van der Waals surface area contributed by atoms with Crippen molar-refractivity contribution in [1.29, 1.82) is 0 Å². The van der Waals surface area contributed by atoms with Gasteiger partial charge in [-0.25, -0.2) is 0 Å². The highest BCUT2D eigenvalue weighted by molar-refractivity contribution is 6.11. The van der Waals surface area contributed by atoms with E-state index in [9.17, 15) is 4.79 Å². The Labute approximate surface area is 125 Å². The van der Waals surface area contributed by atoms with Crippen LogP contribution in [-0.2, 0) is 0 Å². The molecule has 3 rings (SSSR count). The number of carbonyl (C=O) groups is 1. The van der Waals surface area contributed by atoms with Gasteiger partial charge in [0.25, 0.3) is 0 Å². The maximum absolute atomic E-state index is 11.7. The van der Waals surface area contributed by atoms with Crippen molar-refractivity contribution in [3.8, 4) is 0 Å². The molecule has 0 heterocycles. The van der Waals surface area contributed by atoms with E-state index < -0.39 is 0 Å². The fourth-order valence-electron chi connectivity index (χ4n) is 2.94. The average Bonchev–Trinajstić information content (AvgIpc) is 2.46. The molecule has 3 aromatic carbocycles. The molecule has 0 unspecified atom stereocenters. The third kappa shape index (κ3) is 2.33. The SMILES string of the molecule is CC(=O)c1cc(C)c2ccc3cc(C(C)C)ccc3c2c1. The summed E-state index contributed by atoms with van der Waals surface area (Å²) in [5, 5.41) is 4.87. The Balaban J connectivity index is 2.38. The van der Waals surface area contributed by atoms with E-state index in [-0.39, 0.29) is 5.78 Å². The van der Waals surface area contributed by atoms with E-state index in [0.717, 1.165) is 11.1 Å². The molecule has 0 saturated carbocycles. The van der Waals surface area contributed by atoms with Crippen LogP contribution in [0.15, 0.2) is 42.5 Å². The highest BCUT2D eigenvalue weighted by atomic mass is 16.1. The lowest BCUT2D eigenvalue weighted by atomic mass is 9.93. The zero-order valence-electron chi connectivity index (χ0n) is 13.0. The van der Waals surface area contributed by atoms with Crippen LogP contribution in [0.25, 0.3) is 21.5 Å². The summed E-state index contributed by atoms with van der Waals surface area (Å²) in [5.74, 6) is 0.645. The molecule has 0 aliphatic carbocycles. The van der Waals surface area contributed by atoms with Crippen LogP contribution in [0.3, 0.4) is 0 Å². The van der Waals surface area contributed by atoms with Crippen molar-refractivity contribution >= 4 is 27.3 Å². The van der Waals surface area contributed by atoms with E-state index in [1.807, 2.05) is 12.1 Å². The highest BCUT2D eigenvalue weighted by Gasteiger charge is 2.09. The number of fused-ring (bicyclic) bond motifs is 3. The van der Waals surface area contributed by atoms with E-state index >= 15 is 0 Å². The van der Waals surface area contributed by atoms with Gasteiger partial charge in [-0.05, 0) is 64.6 Å². The number of ketones is 1. The van der Waals surface area contributed by atoms with Gasteiger partial charge in [-0.3, -0.25) is 4.79 Å². The minimum Gasteiger partial charge on any atom is -0.295 e. The van der Waals surface area contributed by atoms with Crippen molar-refractivity contribution in [2.45, 2.75) is 33.6 Å². The predicted octanol–water partition coefficient (Wildman–Crippen LogP) is 5.63. The van der Waals surface area contributed by atoms with Crippen LogP contribution in [0.4, 0.5) is 0 Å². The van der Waals surface area contributed by atoms with Crippen LogP contribution in [-0.4, -0.2) is 5.78 Å². The predicted molar refractivity (Wildman–Crippen MR) is 90.3 cm³/mol. The first-order chi connectivity index (χ1) is 9.97. The maximum Gasteiger partial charge on any atom is 0.159 e. The third-order valence-electron chi connectivity index (χ3n) is 4.26. The summed E-state index contributed by atoms with van der Waals surface area (Å²) >= 11 is 0. The first-order valence-corrected chi connectivity index (χ1v) is 7.45. The molecule has 0 fully saturated rings. The molecule has 106 valence electrons. The van der Waals surface area contributed by atoms with Gasteiger partial charge in [0.15, 0.2) is 5.78 Å². The van der Waals surface area contributed by atoms with Crippen molar-refractivity contribution < 1.29 is 4.79 Å². The number of aryl methyl sites for hydroxylation is 1. The van der Waals surface area contributed by atoms with E-state index in [2.05, 4.69) is 51.1 Å². The van der Waals surface area contributed by atoms with Crippen LogP contribution >= 0.6 is 0 Å². The summed E-state index contributed by atoms with van der Waals surface area (Å²) in [5.41, 5.74) is 3.30. The highest BCUT2D eigenvalue weighted by Crippen LogP contribution is 2.31. The fourth-order valence-corrected chi connectivity index (χ4v) is 2.94. The molecule has 0 aliphatic heterocycles. The smallest absolute Gasteiger partial charge is 0.159 e. The summed E-state index contributed by atoms with van der Waals surface area (Å²) in [6, 6.07) is 15.0. The van der Waals surface area contributed by atoms with Crippen molar-refractivity contribution in [2.24, 2.45) is 0 Å². The Morgan fingerprint density at radius 3 is 2.29 bits per heavy atom. The van der Waals surface area contributed by atoms with E-state index in [1.165, 1.54) is 27.1 Å². The second-order valence-electron chi connectivity index (χ2n) is 6.15. The minimum atomic E-state index is 0.121. The monoisotopic (exact) mass is 276 g/mol. The number of rotatable bonds is 2. The average molecular weight is 276 g/mol. The molecule has 0 atom stereocenters. The zero-order valence-corrected chi connectivity index (χ0v) is 13.0. The van der Waals surface area contributed by atoms with Gasteiger partial charge in [-0.1, -0.05) is 44.2 Å². The Hall–Kier alpha value is -2.15. The van der Waals surface area contributed by atoms with E-state index in [4.69, 9.17) is 0 Å². The zero-order chi connectivity index (χ0) is 15.1. The number of carbonyl (C=O) groups excluding carboxylic acids is 1. The summed E-state index contributed by atoms with van der Waals surface area (Å²) in [4.78, 5) is 11.7. The molecule has 0 spiro atoms. The van der Waals surface area contributed by atoms with Gasteiger partial charge in [-0.15, -0.1) is 0 Å². The molecule has 0 saturated heterocycles. The van der Waals surface area contributed by atoms with Crippen LogP contribution in [0, 0.1) is 6.92 Å². The normalized spacial score (nSPS) is 11.5. The lowest BCUT2D eigenvalue weighted by molar-refractivity contribution is 0.101. The molecule has 0 radical (unpaired) electrons. The first-order valence-electron chi connectivity index (χ1n) is 7.45. The first kappa shape index (κ1) is 13.8. The van der Waals surface area contributed by atoms with E-state index in [0.29, 0.717) is 5.92 Å². The van der Waals surface area contributed by atoms with Crippen molar-refractivity contribution in [2.75, 3.05) is 0 Å². The molecule has 1 heteroatoms. The van der Waals surface area contributed by atoms with Crippen LogP contribution < -0.4 is 0 Å². The molecule has 0 N–H and O–H groups in total. The van der Waals surface area contributed by atoms with Gasteiger partial charge < -0.3 is 0 Å². The van der Waals surface area contributed by atoms with Gasteiger partial charge in [-0.2, -0.15) is 0 Å². The lowest BCUT2D eigenvalue weighted by Crippen LogP contribution is -1.94.